The molecule has 0 amide bonds. The molecule has 1 aliphatic heterocycles. The van der Waals surface area contributed by atoms with Crippen molar-refractivity contribution in [3.63, 3.8) is 0 Å². The van der Waals surface area contributed by atoms with Gasteiger partial charge in [0.2, 0.25) is 0 Å². The van der Waals surface area contributed by atoms with Gasteiger partial charge < -0.3 is 10.6 Å². The lowest BCUT2D eigenvalue weighted by Crippen LogP contribution is -2.20. The number of fused-ring (bicyclic) bond motifs is 1. The minimum Gasteiger partial charge on any atom is -0.398 e. The van der Waals surface area contributed by atoms with Crippen LogP contribution in [0.5, 0.6) is 0 Å². The van der Waals surface area contributed by atoms with Gasteiger partial charge in [0.15, 0.2) is 0 Å². The van der Waals surface area contributed by atoms with Gasteiger partial charge in [0, 0.05) is 28.6 Å². The van der Waals surface area contributed by atoms with Crippen molar-refractivity contribution in [3.8, 4) is 0 Å². The molecule has 0 atom stereocenters. The minimum atomic E-state index is 0.836. The second-order valence-corrected chi connectivity index (χ2v) is 5.89. The van der Waals surface area contributed by atoms with Crippen molar-refractivity contribution in [1.29, 1.82) is 0 Å². The lowest BCUT2D eigenvalue weighted by Gasteiger charge is -2.19. The second kappa shape index (κ2) is 4.85. The molecule has 1 aliphatic rings. The first kappa shape index (κ1) is 12.5. The van der Waals surface area contributed by atoms with Crippen molar-refractivity contribution in [2.75, 3.05) is 17.2 Å². The predicted octanol–water partition coefficient (Wildman–Crippen LogP) is 3.30. The summed E-state index contributed by atoms with van der Waals surface area (Å²) in [5.41, 5.74) is 11.8. The second-order valence-electron chi connectivity index (χ2n) is 4.98. The van der Waals surface area contributed by atoms with Crippen LogP contribution in [0, 0.1) is 6.92 Å². The lowest BCUT2D eigenvalue weighted by molar-refractivity contribution is 0.814. The summed E-state index contributed by atoms with van der Waals surface area (Å²) < 4.78 is 1.01. The van der Waals surface area contributed by atoms with Gasteiger partial charge in [0.1, 0.15) is 0 Å². The van der Waals surface area contributed by atoms with E-state index in [0.29, 0.717) is 0 Å². The van der Waals surface area contributed by atoms with Gasteiger partial charge in [-0.1, -0.05) is 6.07 Å². The maximum atomic E-state index is 6.02. The van der Waals surface area contributed by atoms with Crippen LogP contribution in [-0.2, 0) is 13.0 Å². The molecule has 0 radical (unpaired) electrons. The molecule has 3 nitrogen and oxygen atoms in total. The van der Waals surface area contributed by atoms with Crippen LogP contribution in [0.3, 0.4) is 0 Å². The Morgan fingerprint density at radius 2 is 2.21 bits per heavy atom. The number of nitrogen functional groups attached to an aromatic ring is 1. The quantitative estimate of drug-likeness (QED) is 0.864. The minimum absolute atomic E-state index is 0.836. The highest BCUT2D eigenvalue weighted by Gasteiger charge is 2.20. The molecule has 0 saturated carbocycles. The third-order valence-corrected chi connectivity index (χ3v) is 4.07. The fraction of sp³-hybridized carbons (Fsp3) is 0.267. The fourth-order valence-corrected chi connectivity index (χ4v) is 2.74. The molecule has 1 aromatic carbocycles. The van der Waals surface area contributed by atoms with Gasteiger partial charge in [0.25, 0.3) is 0 Å². The molecule has 0 fully saturated rings. The summed E-state index contributed by atoms with van der Waals surface area (Å²) in [5, 5.41) is 0. The number of aromatic nitrogens is 1. The summed E-state index contributed by atoms with van der Waals surface area (Å²) in [5.74, 6) is 0. The zero-order valence-corrected chi connectivity index (χ0v) is 12.4. The molecular weight excluding hydrogens is 302 g/mol. The Hall–Kier alpha value is -1.55. The van der Waals surface area contributed by atoms with Crippen molar-refractivity contribution in [3.05, 3.63) is 51.8 Å². The predicted molar refractivity (Wildman–Crippen MR) is 82.3 cm³/mol. The van der Waals surface area contributed by atoms with Crippen molar-refractivity contribution in [2.45, 2.75) is 19.9 Å². The molecule has 4 heteroatoms. The number of halogens is 1. The number of pyridine rings is 1. The molecule has 0 unspecified atom stereocenters. The average molecular weight is 318 g/mol. The van der Waals surface area contributed by atoms with Crippen LogP contribution in [0.25, 0.3) is 0 Å². The van der Waals surface area contributed by atoms with Crippen molar-refractivity contribution in [2.24, 2.45) is 0 Å². The lowest BCUT2D eigenvalue weighted by atomic mass is 10.1. The van der Waals surface area contributed by atoms with Crippen LogP contribution in [0.15, 0.2) is 34.9 Å². The standard InChI is InChI=1S/C15H16BrN3/c1-10-6-11-4-5-19(15(11)7-14(10)17)9-13-3-2-12(16)8-18-13/h2-3,6-8H,4-5,9,17H2,1H3. The van der Waals surface area contributed by atoms with Crippen molar-refractivity contribution < 1.29 is 0 Å². The molecule has 0 spiro atoms. The van der Waals surface area contributed by atoms with E-state index in [4.69, 9.17) is 5.73 Å². The van der Waals surface area contributed by atoms with E-state index in [1.165, 1.54) is 16.8 Å². The first-order chi connectivity index (χ1) is 9.13. The van der Waals surface area contributed by atoms with Crippen LogP contribution in [0.1, 0.15) is 16.8 Å². The van der Waals surface area contributed by atoms with Gasteiger partial charge in [-0.15, -0.1) is 0 Å². The van der Waals surface area contributed by atoms with Gasteiger partial charge in [-0.25, -0.2) is 0 Å². The molecular formula is C15H16BrN3. The number of aryl methyl sites for hydroxylation is 1. The van der Waals surface area contributed by atoms with E-state index in [9.17, 15) is 0 Å². The van der Waals surface area contributed by atoms with E-state index in [-0.39, 0.29) is 0 Å². The van der Waals surface area contributed by atoms with E-state index < -0.39 is 0 Å². The number of benzene rings is 1. The zero-order valence-electron chi connectivity index (χ0n) is 10.9. The number of nitrogens with two attached hydrogens (primary N) is 1. The number of hydrogen-bond donors (Lipinski definition) is 1. The van der Waals surface area contributed by atoms with Gasteiger partial charge in [-0.05, 0) is 58.6 Å². The number of rotatable bonds is 2. The Morgan fingerprint density at radius 1 is 1.37 bits per heavy atom. The number of anilines is 2. The van der Waals surface area contributed by atoms with E-state index >= 15 is 0 Å². The van der Waals surface area contributed by atoms with Crippen molar-refractivity contribution >= 4 is 27.3 Å². The summed E-state index contributed by atoms with van der Waals surface area (Å²) in [4.78, 5) is 6.78. The third kappa shape index (κ3) is 2.45. The molecule has 2 heterocycles. The molecule has 2 aromatic rings. The third-order valence-electron chi connectivity index (χ3n) is 3.60. The highest BCUT2D eigenvalue weighted by atomic mass is 79.9. The maximum Gasteiger partial charge on any atom is 0.0602 e. The van der Waals surface area contributed by atoms with Crippen LogP contribution < -0.4 is 10.6 Å². The first-order valence-corrected chi connectivity index (χ1v) is 7.17. The average Bonchev–Trinajstić information content (AvgIpc) is 2.76. The van der Waals surface area contributed by atoms with Crippen LogP contribution in [0.4, 0.5) is 11.4 Å². The molecule has 2 N–H and O–H groups in total. The molecule has 0 bridgehead atoms. The highest BCUT2D eigenvalue weighted by molar-refractivity contribution is 9.10. The molecule has 0 saturated heterocycles. The van der Waals surface area contributed by atoms with Crippen molar-refractivity contribution in [1.82, 2.24) is 4.98 Å². The van der Waals surface area contributed by atoms with Crippen LogP contribution >= 0.6 is 15.9 Å². The fourth-order valence-electron chi connectivity index (χ4n) is 2.50. The molecule has 98 valence electrons. The Balaban J connectivity index is 1.86. The smallest absolute Gasteiger partial charge is 0.0602 e. The molecule has 1 aromatic heterocycles. The first-order valence-electron chi connectivity index (χ1n) is 6.38. The Labute approximate surface area is 121 Å². The SMILES string of the molecule is Cc1cc2c(cc1N)N(Cc1ccc(Br)cn1)CC2. The van der Waals surface area contributed by atoms with E-state index in [2.05, 4.69) is 50.9 Å². The highest BCUT2D eigenvalue weighted by Crippen LogP contribution is 2.32. The largest absolute Gasteiger partial charge is 0.398 e. The topological polar surface area (TPSA) is 42.1 Å². The van der Waals surface area contributed by atoms with Gasteiger partial charge in [0.05, 0.1) is 12.2 Å². The maximum absolute atomic E-state index is 6.02. The van der Waals surface area contributed by atoms with E-state index in [1.807, 2.05) is 12.3 Å². The summed E-state index contributed by atoms with van der Waals surface area (Å²) in [6.45, 7) is 3.94. The monoisotopic (exact) mass is 317 g/mol. The zero-order chi connectivity index (χ0) is 13.4. The molecule has 3 rings (SSSR count). The molecule has 0 aliphatic carbocycles. The summed E-state index contributed by atoms with van der Waals surface area (Å²) in [6.07, 6.45) is 2.93. The van der Waals surface area contributed by atoms with Gasteiger partial charge >= 0.3 is 0 Å². The Bertz CT molecular complexity index is 608. The van der Waals surface area contributed by atoms with Crippen LogP contribution in [0.2, 0.25) is 0 Å². The summed E-state index contributed by atoms with van der Waals surface area (Å²) in [6, 6.07) is 8.39. The van der Waals surface area contributed by atoms with Crippen LogP contribution in [-0.4, -0.2) is 11.5 Å². The van der Waals surface area contributed by atoms with E-state index in [0.717, 1.165) is 35.4 Å². The van der Waals surface area contributed by atoms with Gasteiger partial charge in [-0.2, -0.15) is 0 Å². The normalized spacial score (nSPS) is 13.7. The van der Waals surface area contributed by atoms with E-state index in [1.54, 1.807) is 0 Å². The molecule has 19 heavy (non-hydrogen) atoms. The Morgan fingerprint density at radius 3 is 2.95 bits per heavy atom. The number of nitrogens with zero attached hydrogens (tertiary/aromatic N) is 2. The summed E-state index contributed by atoms with van der Waals surface area (Å²) >= 11 is 3.41. The summed E-state index contributed by atoms with van der Waals surface area (Å²) in [7, 11) is 0. The number of hydrogen-bond acceptors (Lipinski definition) is 3. The Kier molecular flexibility index (Phi) is 3.19. The van der Waals surface area contributed by atoms with Gasteiger partial charge in [-0.3, -0.25) is 4.98 Å².